The van der Waals surface area contributed by atoms with E-state index < -0.39 is 0 Å². The standard InChI is InChI=1S/C8H14N4O2/c9-7-5-12-8(6-11-7)10-1-3-14-4-2-13/h5-6,13H,1-4H2,(H2,9,11)(H,10,12). The summed E-state index contributed by atoms with van der Waals surface area (Å²) in [4.78, 5) is 7.86. The Morgan fingerprint density at radius 2 is 2.21 bits per heavy atom. The van der Waals surface area contributed by atoms with Crippen LogP contribution in [-0.2, 0) is 4.74 Å². The molecule has 0 fully saturated rings. The Bertz CT molecular complexity index is 252. The molecule has 0 amide bonds. The number of anilines is 2. The van der Waals surface area contributed by atoms with Crippen LogP contribution in [0.3, 0.4) is 0 Å². The lowest BCUT2D eigenvalue weighted by atomic mass is 10.6. The summed E-state index contributed by atoms with van der Waals surface area (Å²) < 4.78 is 5.04. The van der Waals surface area contributed by atoms with Crippen LogP contribution in [0.4, 0.5) is 11.6 Å². The minimum absolute atomic E-state index is 0.0433. The molecule has 1 aromatic heterocycles. The van der Waals surface area contributed by atoms with E-state index in [-0.39, 0.29) is 6.61 Å². The van der Waals surface area contributed by atoms with Gasteiger partial charge >= 0.3 is 0 Å². The summed E-state index contributed by atoms with van der Waals surface area (Å²) in [6, 6.07) is 0. The van der Waals surface area contributed by atoms with Gasteiger partial charge in [-0.2, -0.15) is 0 Å². The van der Waals surface area contributed by atoms with Gasteiger partial charge in [0.2, 0.25) is 0 Å². The zero-order valence-corrected chi connectivity index (χ0v) is 7.81. The number of ether oxygens (including phenoxy) is 1. The first kappa shape index (κ1) is 10.7. The molecule has 0 spiro atoms. The van der Waals surface area contributed by atoms with E-state index in [4.69, 9.17) is 15.6 Å². The number of aliphatic hydroxyl groups is 1. The Balaban J connectivity index is 2.15. The zero-order valence-electron chi connectivity index (χ0n) is 7.81. The molecule has 6 heteroatoms. The third-order valence-electron chi connectivity index (χ3n) is 1.46. The van der Waals surface area contributed by atoms with E-state index in [1.807, 2.05) is 0 Å². The number of rotatable bonds is 6. The number of hydrogen-bond donors (Lipinski definition) is 3. The summed E-state index contributed by atoms with van der Waals surface area (Å²) in [5, 5.41) is 11.4. The molecule has 0 saturated heterocycles. The number of nitrogen functional groups attached to an aromatic ring is 1. The van der Waals surface area contributed by atoms with Gasteiger partial charge in [-0.15, -0.1) is 0 Å². The van der Waals surface area contributed by atoms with Crippen LogP contribution in [0.25, 0.3) is 0 Å². The van der Waals surface area contributed by atoms with Crippen molar-refractivity contribution in [3.8, 4) is 0 Å². The van der Waals surface area contributed by atoms with Crippen molar-refractivity contribution in [2.24, 2.45) is 0 Å². The molecule has 0 radical (unpaired) electrons. The number of nitrogens with zero attached hydrogens (tertiary/aromatic N) is 2. The first-order chi connectivity index (χ1) is 6.83. The van der Waals surface area contributed by atoms with E-state index in [0.717, 1.165) is 0 Å². The predicted octanol–water partition coefficient (Wildman–Crippen LogP) is -0.520. The van der Waals surface area contributed by atoms with E-state index in [0.29, 0.717) is 31.4 Å². The van der Waals surface area contributed by atoms with Crippen molar-refractivity contribution >= 4 is 11.6 Å². The Morgan fingerprint density at radius 1 is 1.36 bits per heavy atom. The average molecular weight is 198 g/mol. The van der Waals surface area contributed by atoms with Crippen molar-refractivity contribution in [1.82, 2.24) is 9.97 Å². The molecule has 0 atom stereocenters. The summed E-state index contributed by atoms with van der Waals surface area (Å²) in [6.45, 7) is 1.54. The Hall–Kier alpha value is -1.40. The highest BCUT2D eigenvalue weighted by atomic mass is 16.5. The van der Waals surface area contributed by atoms with Crippen molar-refractivity contribution in [3.63, 3.8) is 0 Å². The summed E-state index contributed by atoms with van der Waals surface area (Å²) in [7, 11) is 0. The van der Waals surface area contributed by atoms with Gasteiger partial charge in [-0.25, -0.2) is 9.97 Å². The highest BCUT2D eigenvalue weighted by Crippen LogP contribution is 2.00. The Morgan fingerprint density at radius 3 is 2.86 bits per heavy atom. The maximum Gasteiger partial charge on any atom is 0.144 e. The summed E-state index contributed by atoms with van der Waals surface area (Å²) in [6.07, 6.45) is 3.04. The normalized spacial score (nSPS) is 10.1. The molecule has 6 nitrogen and oxygen atoms in total. The second-order valence-corrected chi connectivity index (χ2v) is 2.59. The SMILES string of the molecule is Nc1cnc(NCCOCCO)cn1. The van der Waals surface area contributed by atoms with E-state index in [2.05, 4.69) is 15.3 Å². The van der Waals surface area contributed by atoms with Gasteiger partial charge in [-0.1, -0.05) is 0 Å². The molecule has 0 aliphatic carbocycles. The lowest BCUT2D eigenvalue weighted by Crippen LogP contribution is -2.12. The Labute approximate surface area is 82.1 Å². The van der Waals surface area contributed by atoms with E-state index in [9.17, 15) is 0 Å². The average Bonchev–Trinajstić information content (AvgIpc) is 2.21. The summed E-state index contributed by atoms with van der Waals surface area (Å²) in [5.41, 5.74) is 5.37. The van der Waals surface area contributed by atoms with Gasteiger partial charge in [0, 0.05) is 6.54 Å². The van der Waals surface area contributed by atoms with Crippen LogP contribution < -0.4 is 11.1 Å². The maximum absolute atomic E-state index is 8.43. The molecule has 1 rings (SSSR count). The molecule has 78 valence electrons. The summed E-state index contributed by atoms with van der Waals surface area (Å²) in [5.74, 6) is 1.05. The van der Waals surface area contributed by atoms with Gasteiger partial charge in [-0.05, 0) is 0 Å². The highest BCUT2D eigenvalue weighted by molar-refractivity contribution is 5.35. The van der Waals surface area contributed by atoms with Crippen molar-refractivity contribution in [1.29, 1.82) is 0 Å². The molecule has 0 bridgehead atoms. The molecule has 0 aliphatic heterocycles. The summed E-state index contributed by atoms with van der Waals surface area (Å²) >= 11 is 0. The van der Waals surface area contributed by atoms with Crippen LogP contribution >= 0.6 is 0 Å². The van der Waals surface area contributed by atoms with Gasteiger partial charge in [0.15, 0.2) is 0 Å². The van der Waals surface area contributed by atoms with Crippen molar-refractivity contribution < 1.29 is 9.84 Å². The number of aliphatic hydroxyl groups excluding tert-OH is 1. The molecule has 0 aromatic carbocycles. The first-order valence-electron chi connectivity index (χ1n) is 4.33. The fraction of sp³-hybridized carbons (Fsp3) is 0.500. The van der Waals surface area contributed by atoms with Gasteiger partial charge in [0.05, 0.1) is 32.2 Å². The molecule has 1 heterocycles. The van der Waals surface area contributed by atoms with Crippen LogP contribution in [-0.4, -0.2) is 41.4 Å². The van der Waals surface area contributed by atoms with Gasteiger partial charge in [0.25, 0.3) is 0 Å². The van der Waals surface area contributed by atoms with Crippen LogP contribution in [0.15, 0.2) is 12.4 Å². The van der Waals surface area contributed by atoms with Gasteiger partial charge in [-0.3, -0.25) is 0 Å². The minimum atomic E-state index is 0.0433. The first-order valence-corrected chi connectivity index (χ1v) is 4.33. The topological polar surface area (TPSA) is 93.3 Å². The van der Waals surface area contributed by atoms with Crippen LogP contribution in [0, 0.1) is 0 Å². The molecule has 0 saturated carbocycles. The Kier molecular flexibility index (Phi) is 4.66. The minimum Gasteiger partial charge on any atom is -0.394 e. The largest absolute Gasteiger partial charge is 0.394 e. The van der Waals surface area contributed by atoms with Crippen LogP contribution in [0.2, 0.25) is 0 Å². The molecule has 0 unspecified atom stereocenters. The monoisotopic (exact) mass is 198 g/mol. The fourth-order valence-electron chi connectivity index (χ4n) is 0.847. The fourth-order valence-corrected chi connectivity index (χ4v) is 0.847. The highest BCUT2D eigenvalue weighted by Gasteiger charge is 1.93. The number of aromatic nitrogens is 2. The van der Waals surface area contributed by atoms with Gasteiger partial charge < -0.3 is 20.9 Å². The molecule has 4 N–H and O–H groups in total. The zero-order chi connectivity index (χ0) is 10.2. The smallest absolute Gasteiger partial charge is 0.144 e. The number of nitrogens with one attached hydrogen (secondary N) is 1. The van der Waals surface area contributed by atoms with Crippen molar-refractivity contribution in [2.45, 2.75) is 0 Å². The lowest BCUT2D eigenvalue weighted by Gasteiger charge is -2.05. The maximum atomic E-state index is 8.43. The predicted molar refractivity (Wildman–Crippen MR) is 52.8 cm³/mol. The third-order valence-corrected chi connectivity index (χ3v) is 1.46. The molecule has 0 aliphatic rings. The number of nitrogens with two attached hydrogens (primary N) is 1. The quantitative estimate of drug-likeness (QED) is 0.532. The van der Waals surface area contributed by atoms with Crippen LogP contribution in [0.1, 0.15) is 0 Å². The van der Waals surface area contributed by atoms with E-state index >= 15 is 0 Å². The van der Waals surface area contributed by atoms with E-state index in [1.165, 1.54) is 6.20 Å². The van der Waals surface area contributed by atoms with Gasteiger partial charge in [0.1, 0.15) is 11.6 Å². The van der Waals surface area contributed by atoms with Crippen molar-refractivity contribution in [2.75, 3.05) is 37.4 Å². The third kappa shape index (κ3) is 4.01. The number of hydrogen-bond acceptors (Lipinski definition) is 6. The van der Waals surface area contributed by atoms with Crippen molar-refractivity contribution in [3.05, 3.63) is 12.4 Å². The van der Waals surface area contributed by atoms with E-state index in [1.54, 1.807) is 6.20 Å². The second-order valence-electron chi connectivity index (χ2n) is 2.59. The molecular formula is C8H14N4O2. The second kappa shape index (κ2) is 6.11. The molecule has 1 aromatic rings. The van der Waals surface area contributed by atoms with Crippen LogP contribution in [0.5, 0.6) is 0 Å². The molecular weight excluding hydrogens is 184 g/mol. The lowest BCUT2D eigenvalue weighted by molar-refractivity contribution is 0.0992. The molecule has 14 heavy (non-hydrogen) atoms.